The first-order valence-electron chi connectivity index (χ1n) is 10.1. The minimum Gasteiger partial charge on any atom is -0.282 e. The van der Waals surface area contributed by atoms with E-state index in [-0.39, 0.29) is 44.5 Å². The average molecular weight is 487 g/mol. The molecular formula is C19H20F3N5O5S. The number of piperazine rings is 1. The summed E-state index contributed by atoms with van der Waals surface area (Å²) in [6.07, 6.45) is -3.38. The fourth-order valence-corrected chi connectivity index (χ4v) is 5.29. The molecule has 1 saturated heterocycles. The van der Waals surface area contributed by atoms with Crippen LogP contribution in [-0.4, -0.2) is 58.5 Å². The average Bonchev–Trinajstić information content (AvgIpc) is 3.60. The van der Waals surface area contributed by atoms with Crippen molar-refractivity contribution in [3.8, 4) is 0 Å². The monoisotopic (exact) mass is 487 g/mol. The lowest BCUT2D eigenvalue weighted by atomic mass is 10.2. The number of hydrogen-bond donors (Lipinski definition) is 0. The lowest BCUT2D eigenvalue weighted by molar-refractivity contribution is -0.387. The third kappa shape index (κ3) is 4.77. The SMILES string of the molecule is O=c1c(C(F)(F)F)cc(C2CC2)nn1CN1CCN(S(=O)(=O)c2ccccc2[N+](=O)[O-])CC1. The number of aromatic nitrogens is 2. The molecule has 2 fully saturated rings. The summed E-state index contributed by atoms with van der Waals surface area (Å²) in [6, 6.07) is 5.83. The lowest BCUT2D eigenvalue weighted by Gasteiger charge is -2.33. The van der Waals surface area contributed by atoms with Crippen molar-refractivity contribution in [1.29, 1.82) is 0 Å². The van der Waals surface area contributed by atoms with Gasteiger partial charge >= 0.3 is 6.18 Å². The molecule has 0 spiro atoms. The molecule has 0 atom stereocenters. The van der Waals surface area contributed by atoms with Crippen LogP contribution in [0.4, 0.5) is 18.9 Å². The molecule has 1 saturated carbocycles. The highest BCUT2D eigenvalue weighted by Crippen LogP contribution is 2.40. The van der Waals surface area contributed by atoms with Gasteiger partial charge in [0, 0.05) is 38.2 Å². The summed E-state index contributed by atoms with van der Waals surface area (Å²) in [4.78, 5) is 24.0. The Morgan fingerprint density at radius 2 is 1.76 bits per heavy atom. The number of halogens is 3. The van der Waals surface area contributed by atoms with Crippen LogP contribution in [0.25, 0.3) is 0 Å². The van der Waals surface area contributed by atoms with Crippen LogP contribution < -0.4 is 5.56 Å². The van der Waals surface area contributed by atoms with Crippen LogP contribution in [0, 0.1) is 10.1 Å². The molecule has 0 unspecified atom stereocenters. The van der Waals surface area contributed by atoms with E-state index >= 15 is 0 Å². The van der Waals surface area contributed by atoms with Gasteiger partial charge in [-0.25, -0.2) is 13.1 Å². The Hall–Kier alpha value is -2.84. The van der Waals surface area contributed by atoms with Gasteiger partial charge in [0.1, 0.15) is 5.56 Å². The van der Waals surface area contributed by atoms with Crippen LogP contribution in [0.1, 0.15) is 30.0 Å². The zero-order valence-electron chi connectivity index (χ0n) is 17.2. The molecule has 1 aliphatic heterocycles. The highest BCUT2D eigenvalue weighted by atomic mass is 32.2. The van der Waals surface area contributed by atoms with E-state index in [0.29, 0.717) is 12.8 Å². The molecule has 10 nitrogen and oxygen atoms in total. The minimum atomic E-state index is -4.80. The van der Waals surface area contributed by atoms with E-state index < -0.39 is 42.8 Å². The second-order valence-corrected chi connectivity index (χ2v) is 9.85. The van der Waals surface area contributed by atoms with E-state index in [1.54, 1.807) is 4.90 Å². The maximum atomic E-state index is 13.3. The van der Waals surface area contributed by atoms with E-state index in [1.807, 2.05) is 0 Å². The van der Waals surface area contributed by atoms with Crippen LogP contribution >= 0.6 is 0 Å². The number of nitrogens with zero attached hydrogens (tertiary/aromatic N) is 5. The molecule has 1 aromatic heterocycles. The quantitative estimate of drug-likeness (QED) is 0.452. The number of hydrogen-bond acceptors (Lipinski definition) is 7. The summed E-state index contributed by atoms with van der Waals surface area (Å²) in [7, 11) is -4.15. The molecule has 0 radical (unpaired) electrons. The molecule has 14 heteroatoms. The fraction of sp³-hybridized carbons (Fsp3) is 0.474. The van der Waals surface area contributed by atoms with E-state index in [9.17, 15) is 36.5 Å². The summed E-state index contributed by atoms with van der Waals surface area (Å²) >= 11 is 0. The van der Waals surface area contributed by atoms with Gasteiger partial charge in [0.05, 0.1) is 17.3 Å². The number of alkyl halides is 3. The molecule has 0 bridgehead atoms. The van der Waals surface area contributed by atoms with Gasteiger partial charge in [-0.3, -0.25) is 19.8 Å². The van der Waals surface area contributed by atoms with Crippen LogP contribution in [0.2, 0.25) is 0 Å². The number of benzene rings is 1. The second-order valence-electron chi connectivity index (χ2n) is 7.95. The van der Waals surface area contributed by atoms with Crippen molar-refractivity contribution >= 4 is 15.7 Å². The molecule has 1 aromatic carbocycles. The van der Waals surface area contributed by atoms with Gasteiger partial charge < -0.3 is 0 Å². The van der Waals surface area contributed by atoms with Crippen molar-refractivity contribution in [3.05, 3.63) is 62.1 Å². The van der Waals surface area contributed by atoms with Gasteiger partial charge in [-0.05, 0) is 25.0 Å². The van der Waals surface area contributed by atoms with Gasteiger partial charge in [0.15, 0.2) is 4.90 Å². The van der Waals surface area contributed by atoms with Crippen LogP contribution in [0.5, 0.6) is 0 Å². The summed E-state index contributed by atoms with van der Waals surface area (Å²) in [5, 5.41) is 15.3. The van der Waals surface area contributed by atoms with Crippen molar-refractivity contribution in [1.82, 2.24) is 19.0 Å². The Morgan fingerprint density at radius 1 is 1.12 bits per heavy atom. The Bertz CT molecular complexity index is 1240. The molecular weight excluding hydrogens is 467 g/mol. The predicted molar refractivity (Wildman–Crippen MR) is 109 cm³/mol. The zero-order chi connectivity index (χ0) is 24.0. The largest absolute Gasteiger partial charge is 0.421 e. The Morgan fingerprint density at radius 3 is 2.33 bits per heavy atom. The molecule has 2 aromatic rings. The summed E-state index contributed by atoms with van der Waals surface area (Å²) < 4.78 is 67.7. The van der Waals surface area contributed by atoms with Crippen molar-refractivity contribution in [3.63, 3.8) is 0 Å². The Labute approximate surface area is 186 Å². The number of sulfonamides is 1. The smallest absolute Gasteiger partial charge is 0.282 e. The Balaban J connectivity index is 1.51. The molecule has 2 aliphatic rings. The first kappa shape index (κ1) is 23.3. The zero-order valence-corrected chi connectivity index (χ0v) is 18.0. The van der Waals surface area contributed by atoms with Crippen LogP contribution in [0.3, 0.4) is 0 Å². The normalized spacial score (nSPS) is 18.4. The standard InChI is InChI=1S/C19H20F3N5O5S/c20-19(21,22)14-11-15(13-5-6-13)23-26(18(14)28)12-24-7-9-25(10-8-24)33(31,32)17-4-2-1-3-16(17)27(29)30/h1-4,11,13H,5-10,12H2. The highest BCUT2D eigenvalue weighted by molar-refractivity contribution is 7.89. The Kier molecular flexibility index (Phi) is 6.01. The molecule has 0 amide bonds. The molecule has 33 heavy (non-hydrogen) atoms. The second kappa shape index (κ2) is 8.50. The molecule has 178 valence electrons. The van der Waals surface area contributed by atoms with E-state index in [0.717, 1.165) is 27.2 Å². The van der Waals surface area contributed by atoms with Gasteiger partial charge in [-0.2, -0.15) is 22.6 Å². The van der Waals surface area contributed by atoms with E-state index in [2.05, 4.69) is 5.10 Å². The fourth-order valence-electron chi connectivity index (χ4n) is 3.71. The molecule has 0 N–H and O–H groups in total. The highest BCUT2D eigenvalue weighted by Gasteiger charge is 2.38. The van der Waals surface area contributed by atoms with Crippen molar-refractivity contribution in [2.24, 2.45) is 0 Å². The van der Waals surface area contributed by atoms with Crippen LogP contribution in [0.15, 0.2) is 40.0 Å². The summed E-state index contributed by atoms with van der Waals surface area (Å²) in [5.41, 5.74) is -2.83. The van der Waals surface area contributed by atoms with Gasteiger partial charge in [-0.1, -0.05) is 12.1 Å². The topological polar surface area (TPSA) is 119 Å². The number of para-hydroxylation sites is 1. The lowest BCUT2D eigenvalue weighted by Crippen LogP contribution is -2.50. The third-order valence-corrected chi connectivity index (χ3v) is 7.59. The van der Waals surface area contributed by atoms with Crippen molar-refractivity contribution in [2.45, 2.75) is 36.5 Å². The first-order valence-corrected chi connectivity index (χ1v) is 11.6. The third-order valence-electron chi connectivity index (χ3n) is 5.64. The predicted octanol–water partition coefficient (Wildman–Crippen LogP) is 2.01. The minimum absolute atomic E-state index is 0.0441. The molecule has 4 rings (SSSR count). The van der Waals surface area contributed by atoms with Crippen molar-refractivity contribution < 1.29 is 26.5 Å². The van der Waals surface area contributed by atoms with Gasteiger partial charge in [0.2, 0.25) is 10.0 Å². The first-order chi connectivity index (χ1) is 15.5. The molecule has 1 aliphatic carbocycles. The number of nitro benzene ring substituents is 1. The van der Waals surface area contributed by atoms with E-state index in [4.69, 9.17) is 0 Å². The summed E-state index contributed by atoms with van der Waals surface area (Å²) in [6.45, 7) is -0.0804. The van der Waals surface area contributed by atoms with Gasteiger partial charge in [0.25, 0.3) is 11.2 Å². The number of rotatable bonds is 6. The maximum Gasteiger partial charge on any atom is 0.421 e. The van der Waals surface area contributed by atoms with Crippen LogP contribution in [-0.2, 0) is 22.9 Å². The number of nitro groups is 1. The van der Waals surface area contributed by atoms with E-state index in [1.165, 1.54) is 12.1 Å². The van der Waals surface area contributed by atoms with Crippen molar-refractivity contribution in [2.75, 3.05) is 26.2 Å². The maximum absolute atomic E-state index is 13.3. The van der Waals surface area contributed by atoms with Gasteiger partial charge in [-0.15, -0.1) is 0 Å². The summed E-state index contributed by atoms with van der Waals surface area (Å²) in [5.74, 6) is -0.0957. The molecule has 2 heterocycles.